The van der Waals surface area contributed by atoms with E-state index in [1.807, 2.05) is 17.7 Å². The number of nitrogens with zero attached hydrogens (tertiary/aromatic N) is 5. The molecule has 5 rings (SSSR count). The SMILES string of the molecule is Cc1ccc(CN2CCC(c3cc4c(ncn4C(C)C)c(N4CCCC4)n3)CC2)s1.O=C(O)C(F)(F)F.O=C(O)C(F)(F)F. The fraction of sp³-hybridized carbons (Fsp3) is 0.571. The number of aryl methyl sites for hydroxylation is 1. The largest absolute Gasteiger partial charge is 0.490 e. The number of carbonyl (C=O) groups is 2. The molecule has 0 radical (unpaired) electrons. The van der Waals surface area contributed by atoms with E-state index in [0.717, 1.165) is 44.1 Å². The van der Waals surface area contributed by atoms with Crippen LogP contribution in [0, 0.1) is 6.92 Å². The fourth-order valence-corrected chi connectivity index (χ4v) is 5.91. The summed E-state index contributed by atoms with van der Waals surface area (Å²) in [6, 6.07) is 7.28. The van der Waals surface area contributed by atoms with Crippen molar-refractivity contribution in [3.8, 4) is 0 Å². The Bertz CT molecular complexity index is 1380. The van der Waals surface area contributed by atoms with Gasteiger partial charge < -0.3 is 19.7 Å². The van der Waals surface area contributed by atoms with Crippen LogP contribution in [0.1, 0.15) is 66.9 Å². The number of thiophene rings is 1. The standard InChI is InChI=1S/C24H33N5S.2C2HF3O2/c1-17(2)29-16-25-23-22(29)14-21(26-24(23)28-10-4-5-11-28)19-8-12-27(13-9-19)15-20-7-6-18(3)30-20;2*3-2(4,5)1(6)7/h6-7,14,16-17,19H,4-5,8-13,15H2,1-3H3;2*(H,6,7). The van der Waals surface area contributed by atoms with Crippen molar-refractivity contribution in [3.63, 3.8) is 0 Å². The van der Waals surface area contributed by atoms with Gasteiger partial charge in [-0.15, -0.1) is 11.3 Å². The van der Waals surface area contributed by atoms with E-state index >= 15 is 0 Å². The van der Waals surface area contributed by atoms with Crippen LogP contribution in [0.5, 0.6) is 0 Å². The molecule has 2 saturated heterocycles. The number of piperidine rings is 1. The number of carboxylic acid groups (broad SMARTS) is 2. The molecule has 2 N–H and O–H groups in total. The summed E-state index contributed by atoms with van der Waals surface area (Å²) in [5.41, 5.74) is 3.62. The Labute approximate surface area is 254 Å². The van der Waals surface area contributed by atoms with Crippen LogP contribution < -0.4 is 4.90 Å². The molecule has 0 atom stereocenters. The summed E-state index contributed by atoms with van der Waals surface area (Å²) in [5.74, 6) is -3.84. The van der Waals surface area contributed by atoms with E-state index in [0.29, 0.717) is 12.0 Å². The third-order valence-corrected chi connectivity index (χ3v) is 8.18. The lowest BCUT2D eigenvalue weighted by molar-refractivity contribution is -0.193. The van der Waals surface area contributed by atoms with Gasteiger partial charge in [0.25, 0.3) is 0 Å². The van der Waals surface area contributed by atoms with E-state index in [2.05, 4.69) is 53.3 Å². The summed E-state index contributed by atoms with van der Waals surface area (Å²) in [7, 11) is 0. The second-order valence-corrected chi connectivity index (χ2v) is 12.2. The van der Waals surface area contributed by atoms with Gasteiger partial charge in [0, 0.05) is 47.0 Å². The molecule has 244 valence electrons. The first-order valence-corrected chi connectivity index (χ1v) is 14.8. The number of hydrogen-bond donors (Lipinski definition) is 2. The van der Waals surface area contributed by atoms with E-state index in [4.69, 9.17) is 29.8 Å². The van der Waals surface area contributed by atoms with Gasteiger partial charge in [0.2, 0.25) is 0 Å². The van der Waals surface area contributed by atoms with Gasteiger partial charge in [0.05, 0.1) is 11.8 Å². The maximum atomic E-state index is 10.6. The van der Waals surface area contributed by atoms with Crippen LogP contribution >= 0.6 is 11.3 Å². The number of halogens is 6. The third-order valence-electron chi connectivity index (χ3n) is 7.19. The van der Waals surface area contributed by atoms with Crippen molar-refractivity contribution >= 4 is 40.1 Å². The lowest BCUT2D eigenvalue weighted by atomic mass is 9.92. The fourth-order valence-electron chi connectivity index (χ4n) is 4.98. The molecule has 3 aromatic heterocycles. The number of anilines is 1. The molecule has 44 heavy (non-hydrogen) atoms. The van der Waals surface area contributed by atoms with Crippen LogP contribution in [0.3, 0.4) is 0 Å². The van der Waals surface area contributed by atoms with Crippen molar-refractivity contribution in [2.45, 2.75) is 77.3 Å². The average molecular weight is 652 g/mol. The van der Waals surface area contributed by atoms with E-state index in [9.17, 15) is 26.3 Å². The van der Waals surface area contributed by atoms with Gasteiger partial charge in [-0.1, -0.05) is 0 Å². The van der Waals surface area contributed by atoms with E-state index in [1.54, 1.807) is 0 Å². The predicted octanol–water partition coefficient (Wildman–Crippen LogP) is 6.63. The molecule has 0 amide bonds. The maximum absolute atomic E-state index is 10.6. The lowest BCUT2D eigenvalue weighted by Crippen LogP contribution is -2.32. The van der Waals surface area contributed by atoms with Gasteiger partial charge in [-0.05, 0) is 77.7 Å². The Kier molecular flexibility index (Phi) is 11.6. The maximum Gasteiger partial charge on any atom is 0.490 e. The molecule has 0 bridgehead atoms. The predicted molar refractivity (Wildman–Crippen MR) is 153 cm³/mol. The number of alkyl halides is 6. The molecule has 9 nitrogen and oxygen atoms in total. The van der Waals surface area contributed by atoms with Gasteiger partial charge in [-0.25, -0.2) is 19.6 Å². The topological polar surface area (TPSA) is 112 Å². The lowest BCUT2D eigenvalue weighted by Gasteiger charge is -2.32. The molecule has 0 aliphatic carbocycles. The highest BCUT2D eigenvalue weighted by Gasteiger charge is 2.39. The monoisotopic (exact) mass is 651 g/mol. The quantitative estimate of drug-likeness (QED) is 0.296. The van der Waals surface area contributed by atoms with Crippen LogP contribution in [-0.2, 0) is 16.1 Å². The zero-order valence-corrected chi connectivity index (χ0v) is 25.3. The number of imidazole rings is 1. The molecule has 0 aromatic carbocycles. The van der Waals surface area contributed by atoms with Crippen molar-refractivity contribution in [2.75, 3.05) is 31.1 Å². The van der Waals surface area contributed by atoms with Crippen LogP contribution in [-0.4, -0.2) is 80.1 Å². The summed E-state index contributed by atoms with van der Waals surface area (Å²) < 4.78 is 65.8. The minimum Gasteiger partial charge on any atom is -0.475 e. The zero-order chi connectivity index (χ0) is 32.8. The molecular weight excluding hydrogens is 616 g/mol. The summed E-state index contributed by atoms with van der Waals surface area (Å²) in [6.45, 7) is 12.3. The average Bonchev–Trinajstić information content (AvgIpc) is 3.70. The first kappa shape index (κ1) is 35.1. The molecule has 2 aliphatic rings. The molecule has 3 aromatic rings. The van der Waals surface area contributed by atoms with Gasteiger partial charge in [0.15, 0.2) is 5.82 Å². The Morgan fingerprint density at radius 2 is 1.52 bits per heavy atom. The molecule has 16 heteroatoms. The Morgan fingerprint density at radius 3 is 1.98 bits per heavy atom. The van der Waals surface area contributed by atoms with Crippen LogP contribution in [0.25, 0.3) is 11.0 Å². The number of likely N-dealkylation sites (tertiary alicyclic amines) is 1. The van der Waals surface area contributed by atoms with Crippen molar-refractivity contribution in [1.82, 2.24) is 19.4 Å². The summed E-state index contributed by atoms with van der Waals surface area (Å²) in [5, 5.41) is 14.2. The number of pyridine rings is 1. The van der Waals surface area contributed by atoms with Gasteiger partial charge in [-0.2, -0.15) is 26.3 Å². The number of hydrogen-bond acceptors (Lipinski definition) is 7. The Hall–Kier alpha value is -3.40. The number of rotatable bonds is 5. The van der Waals surface area contributed by atoms with Crippen molar-refractivity contribution in [1.29, 1.82) is 0 Å². The van der Waals surface area contributed by atoms with Crippen LogP contribution in [0.2, 0.25) is 0 Å². The van der Waals surface area contributed by atoms with Crippen molar-refractivity contribution in [2.24, 2.45) is 0 Å². The second kappa shape index (κ2) is 14.6. The normalized spacial score (nSPS) is 16.5. The molecule has 0 saturated carbocycles. The van der Waals surface area contributed by atoms with Gasteiger partial charge in [0.1, 0.15) is 5.52 Å². The van der Waals surface area contributed by atoms with Crippen LogP contribution in [0.15, 0.2) is 24.5 Å². The van der Waals surface area contributed by atoms with Crippen LogP contribution in [0.4, 0.5) is 32.2 Å². The molecular formula is C28H35F6N5O4S. The number of carboxylic acids is 2. The van der Waals surface area contributed by atoms with Gasteiger partial charge >= 0.3 is 24.3 Å². The first-order valence-electron chi connectivity index (χ1n) is 14.0. The number of aliphatic carboxylic acids is 2. The highest BCUT2D eigenvalue weighted by molar-refractivity contribution is 7.11. The third kappa shape index (κ3) is 9.55. The first-order chi connectivity index (χ1) is 20.5. The number of aromatic nitrogens is 3. The van der Waals surface area contributed by atoms with E-state index < -0.39 is 24.3 Å². The highest BCUT2D eigenvalue weighted by Crippen LogP contribution is 2.35. The molecule has 2 fully saturated rings. The highest BCUT2D eigenvalue weighted by atomic mass is 32.1. The Morgan fingerprint density at radius 1 is 0.977 bits per heavy atom. The summed E-state index contributed by atoms with van der Waals surface area (Å²) in [6.07, 6.45) is -3.25. The Balaban J connectivity index is 0.000000317. The second-order valence-electron chi connectivity index (χ2n) is 10.8. The zero-order valence-electron chi connectivity index (χ0n) is 24.5. The van der Waals surface area contributed by atoms with Crippen molar-refractivity contribution in [3.05, 3.63) is 40.0 Å². The van der Waals surface area contributed by atoms with E-state index in [-0.39, 0.29) is 0 Å². The molecule has 5 heterocycles. The number of fused-ring (bicyclic) bond motifs is 1. The van der Waals surface area contributed by atoms with E-state index in [1.165, 1.54) is 46.6 Å². The summed E-state index contributed by atoms with van der Waals surface area (Å²) >= 11 is 1.93. The molecule has 2 aliphatic heterocycles. The molecule has 0 unspecified atom stereocenters. The van der Waals surface area contributed by atoms with Crippen molar-refractivity contribution < 1.29 is 46.1 Å². The summed E-state index contributed by atoms with van der Waals surface area (Å²) in [4.78, 5) is 35.8. The molecule has 0 spiro atoms. The minimum atomic E-state index is -5.08. The smallest absolute Gasteiger partial charge is 0.475 e. The minimum absolute atomic E-state index is 0.410. The van der Waals surface area contributed by atoms with Gasteiger partial charge in [-0.3, -0.25) is 4.90 Å².